The fourth-order valence-corrected chi connectivity index (χ4v) is 2.83. The summed E-state index contributed by atoms with van der Waals surface area (Å²) >= 11 is 0. The first-order valence-electron chi connectivity index (χ1n) is 7.23. The molecule has 0 unspecified atom stereocenters. The summed E-state index contributed by atoms with van der Waals surface area (Å²) in [6.07, 6.45) is -1.27. The number of nitrogens with zero attached hydrogens (tertiary/aromatic N) is 3. The lowest BCUT2D eigenvalue weighted by molar-refractivity contribution is -0.272. The molecule has 0 spiro atoms. The standard InChI is InChI=1S/C15H18F3N3O/c1-11-2-3-13-19-12(10-21(13)8-11)9-20-6-4-14(22,5-7-20)15(16,17)18/h2-3,8,10,22H,4-7,9H2,1H3. The molecule has 0 aromatic carbocycles. The predicted molar refractivity (Wildman–Crippen MR) is 75.4 cm³/mol. The van der Waals surface area contributed by atoms with E-state index in [0.29, 0.717) is 6.54 Å². The summed E-state index contributed by atoms with van der Waals surface area (Å²) in [5.74, 6) is 0. The van der Waals surface area contributed by atoms with Crippen molar-refractivity contribution in [3.05, 3.63) is 35.8 Å². The van der Waals surface area contributed by atoms with Gasteiger partial charge in [-0.1, -0.05) is 6.07 Å². The van der Waals surface area contributed by atoms with Crippen LogP contribution in [0.2, 0.25) is 0 Å². The first-order chi connectivity index (χ1) is 10.3. The molecule has 22 heavy (non-hydrogen) atoms. The van der Waals surface area contributed by atoms with Gasteiger partial charge in [0.25, 0.3) is 0 Å². The van der Waals surface area contributed by atoms with E-state index in [9.17, 15) is 18.3 Å². The van der Waals surface area contributed by atoms with E-state index in [0.717, 1.165) is 16.9 Å². The van der Waals surface area contributed by atoms with Crippen molar-refractivity contribution < 1.29 is 18.3 Å². The van der Waals surface area contributed by atoms with E-state index in [1.807, 2.05) is 40.8 Å². The van der Waals surface area contributed by atoms with E-state index < -0.39 is 11.8 Å². The van der Waals surface area contributed by atoms with E-state index in [2.05, 4.69) is 4.98 Å². The van der Waals surface area contributed by atoms with Gasteiger partial charge in [0.2, 0.25) is 0 Å². The van der Waals surface area contributed by atoms with Gasteiger partial charge in [0.1, 0.15) is 5.65 Å². The summed E-state index contributed by atoms with van der Waals surface area (Å²) in [7, 11) is 0. The minimum absolute atomic E-state index is 0.211. The Morgan fingerprint density at radius 1 is 1.23 bits per heavy atom. The normalized spacial score (nSPS) is 19.7. The quantitative estimate of drug-likeness (QED) is 0.926. The molecule has 1 aliphatic rings. The molecule has 0 saturated carbocycles. The maximum Gasteiger partial charge on any atom is 0.417 e. The molecule has 0 aliphatic carbocycles. The Balaban J connectivity index is 1.67. The first kappa shape index (κ1) is 15.3. The average molecular weight is 313 g/mol. The fourth-order valence-electron chi connectivity index (χ4n) is 2.83. The smallest absolute Gasteiger partial charge is 0.380 e. The molecule has 2 aromatic rings. The lowest BCUT2D eigenvalue weighted by Gasteiger charge is -2.38. The molecule has 0 bridgehead atoms. The van der Waals surface area contributed by atoms with Crippen molar-refractivity contribution in [2.24, 2.45) is 0 Å². The number of piperidine rings is 1. The third-order valence-electron chi connectivity index (χ3n) is 4.25. The van der Waals surface area contributed by atoms with Gasteiger partial charge in [-0.2, -0.15) is 13.2 Å². The highest BCUT2D eigenvalue weighted by atomic mass is 19.4. The van der Waals surface area contributed by atoms with Gasteiger partial charge in [-0.05, 0) is 31.4 Å². The summed E-state index contributed by atoms with van der Waals surface area (Å²) in [6, 6.07) is 3.88. The molecule has 0 atom stereocenters. The number of aliphatic hydroxyl groups is 1. The summed E-state index contributed by atoms with van der Waals surface area (Å²) in [5.41, 5.74) is 0.219. The number of likely N-dealkylation sites (tertiary alicyclic amines) is 1. The summed E-state index contributed by atoms with van der Waals surface area (Å²) < 4.78 is 40.2. The van der Waals surface area contributed by atoms with E-state index in [4.69, 9.17) is 0 Å². The van der Waals surface area contributed by atoms with Crippen molar-refractivity contribution in [3.8, 4) is 0 Å². The zero-order chi connectivity index (χ0) is 16.0. The zero-order valence-corrected chi connectivity index (χ0v) is 12.3. The third kappa shape index (κ3) is 2.83. The molecule has 0 amide bonds. The molecule has 1 saturated heterocycles. The van der Waals surface area contributed by atoms with Gasteiger partial charge in [-0.15, -0.1) is 0 Å². The molecule has 1 N–H and O–H groups in total. The van der Waals surface area contributed by atoms with Crippen molar-refractivity contribution in [3.63, 3.8) is 0 Å². The third-order valence-corrected chi connectivity index (χ3v) is 4.25. The van der Waals surface area contributed by atoms with Crippen LogP contribution in [0.5, 0.6) is 0 Å². The maximum absolute atomic E-state index is 12.8. The Morgan fingerprint density at radius 3 is 2.55 bits per heavy atom. The predicted octanol–water partition coefficient (Wildman–Crippen LogP) is 2.53. The van der Waals surface area contributed by atoms with Crippen LogP contribution in [-0.4, -0.2) is 44.3 Å². The van der Waals surface area contributed by atoms with E-state index in [1.165, 1.54) is 0 Å². The topological polar surface area (TPSA) is 40.8 Å². The second-order valence-electron chi connectivity index (χ2n) is 6.01. The maximum atomic E-state index is 12.8. The number of pyridine rings is 1. The van der Waals surface area contributed by atoms with Gasteiger partial charge in [-0.3, -0.25) is 4.90 Å². The molecule has 3 rings (SSSR count). The van der Waals surface area contributed by atoms with E-state index in [-0.39, 0.29) is 25.9 Å². The molecule has 7 heteroatoms. The van der Waals surface area contributed by atoms with Crippen LogP contribution >= 0.6 is 0 Å². The van der Waals surface area contributed by atoms with Gasteiger partial charge in [0.15, 0.2) is 5.60 Å². The van der Waals surface area contributed by atoms with Crippen LogP contribution in [0.15, 0.2) is 24.5 Å². The van der Waals surface area contributed by atoms with Crippen molar-refractivity contribution in [2.45, 2.75) is 38.1 Å². The Hall–Kier alpha value is -1.60. The fraction of sp³-hybridized carbons (Fsp3) is 0.533. The zero-order valence-electron chi connectivity index (χ0n) is 12.3. The molecular weight excluding hydrogens is 295 g/mol. The van der Waals surface area contributed by atoms with Crippen molar-refractivity contribution in [1.82, 2.24) is 14.3 Å². The number of halogens is 3. The van der Waals surface area contributed by atoms with Crippen LogP contribution in [0.3, 0.4) is 0 Å². The van der Waals surface area contributed by atoms with Crippen LogP contribution in [0, 0.1) is 6.92 Å². The van der Waals surface area contributed by atoms with Crippen molar-refractivity contribution in [2.75, 3.05) is 13.1 Å². The lowest BCUT2D eigenvalue weighted by atomic mass is 9.91. The highest BCUT2D eigenvalue weighted by molar-refractivity contribution is 5.41. The molecule has 2 aromatic heterocycles. The Labute approximate surface area is 126 Å². The van der Waals surface area contributed by atoms with E-state index >= 15 is 0 Å². The second kappa shape index (κ2) is 5.24. The molecule has 1 aliphatic heterocycles. The number of hydrogen-bond acceptors (Lipinski definition) is 3. The molecular formula is C15H18F3N3O. The number of alkyl halides is 3. The number of aromatic nitrogens is 2. The molecule has 3 heterocycles. The largest absolute Gasteiger partial charge is 0.417 e. The minimum atomic E-state index is -4.56. The van der Waals surface area contributed by atoms with Crippen LogP contribution < -0.4 is 0 Å². The SMILES string of the molecule is Cc1ccc2nc(CN3CCC(O)(C(F)(F)F)CC3)cn2c1. The van der Waals surface area contributed by atoms with Crippen LogP contribution in [-0.2, 0) is 6.54 Å². The summed E-state index contributed by atoms with van der Waals surface area (Å²) in [6.45, 7) is 2.90. The minimum Gasteiger partial charge on any atom is -0.380 e. The van der Waals surface area contributed by atoms with Crippen LogP contribution in [0.25, 0.3) is 5.65 Å². The number of hydrogen-bond donors (Lipinski definition) is 1. The monoisotopic (exact) mass is 313 g/mol. The van der Waals surface area contributed by atoms with Crippen molar-refractivity contribution in [1.29, 1.82) is 0 Å². The molecule has 0 radical (unpaired) electrons. The van der Waals surface area contributed by atoms with Gasteiger partial charge in [0, 0.05) is 32.0 Å². The highest BCUT2D eigenvalue weighted by Crippen LogP contribution is 2.38. The summed E-state index contributed by atoms with van der Waals surface area (Å²) in [5, 5.41) is 9.67. The second-order valence-corrected chi connectivity index (χ2v) is 6.01. The number of imidazole rings is 1. The molecule has 120 valence electrons. The first-order valence-corrected chi connectivity index (χ1v) is 7.23. The van der Waals surface area contributed by atoms with Crippen molar-refractivity contribution >= 4 is 5.65 Å². The Kier molecular flexibility index (Phi) is 3.65. The van der Waals surface area contributed by atoms with Gasteiger partial charge in [0.05, 0.1) is 5.69 Å². The van der Waals surface area contributed by atoms with Crippen LogP contribution in [0.4, 0.5) is 13.2 Å². The number of rotatable bonds is 2. The lowest BCUT2D eigenvalue weighted by Crippen LogP contribution is -2.53. The van der Waals surface area contributed by atoms with Gasteiger partial charge < -0.3 is 9.51 Å². The van der Waals surface area contributed by atoms with Gasteiger partial charge >= 0.3 is 6.18 Å². The molecule has 1 fully saturated rings. The Morgan fingerprint density at radius 2 is 1.91 bits per heavy atom. The van der Waals surface area contributed by atoms with E-state index in [1.54, 1.807) is 0 Å². The molecule has 4 nitrogen and oxygen atoms in total. The average Bonchev–Trinajstić information content (AvgIpc) is 2.81. The summed E-state index contributed by atoms with van der Waals surface area (Å²) in [4.78, 5) is 6.37. The van der Waals surface area contributed by atoms with Gasteiger partial charge in [-0.25, -0.2) is 4.98 Å². The number of aryl methyl sites for hydroxylation is 1. The van der Waals surface area contributed by atoms with Crippen LogP contribution in [0.1, 0.15) is 24.1 Å². The highest BCUT2D eigenvalue weighted by Gasteiger charge is 2.54. The number of fused-ring (bicyclic) bond motifs is 1. The Bertz CT molecular complexity index is 672.